The standard InChI is InChI=1S/C25H22F2N4O2/c26-21-5-4-20(14-22(21)27)33-11-8-19-13-24(30-29-19)18-7-10-31(15-18)25(32)17-3-6-23-16(12-17)2-1-9-28-23/h1-6,9,12-14,18H,7-8,10-11,15H2,(H,29,30). The molecule has 168 valence electrons. The van der Waals surface area contributed by atoms with Crippen molar-refractivity contribution in [2.24, 2.45) is 0 Å². The lowest BCUT2D eigenvalue weighted by atomic mass is 10.0. The molecule has 1 aliphatic rings. The van der Waals surface area contributed by atoms with E-state index in [4.69, 9.17) is 4.74 Å². The number of amides is 1. The summed E-state index contributed by atoms with van der Waals surface area (Å²) in [5.74, 6) is -1.38. The van der Waals surface area contributed by atoms with Gasteiger partial charge in [0.25, 0.3) is 5.91 Å². The van der Waals surface area contributed by atoms with Crippen LogP contribution in [0.25, 0.3) is 10.9 Å². The molecule has 5 rings (SSSR count). The Balaban J connectivity index is 1.17. The van der Waals surface area contributed by atoms with Gasteiger partial charge in [0.15, 0.2) is 11.6 Å². The lowest BCUT2D eigenvalue weighted by molar-refractivity contribution is 0.0791. The molecule has 3 heterocycles. The van der Waals surface area contributed by atoms with Crippen LogP contribution in [0.2, 0.25) is 0 Å². The molecule has 1 amide bonds. The Bertz CT molecular complexity index is 1310. The smallest absolute Gasteiger partial charge is 0.253 e. The number of hydrogen-bond donors (Lipinski definition) is 1. The van der Waals surface area contributed by atoms with Crippen LogP contribution in [0, 0.1) is 11.6 Å². The Morgan fingerprint density at radius 2 is 2.03 bits per heavy atom. The van der Waals surface area contributed by atoms with Crippen LogP contribution in [0.3, 0.4) is 0 Å². The Morgan fingerprint density at radius 3 is 2.91 bits per heavy atom. The molecule has 1 unspecified atom stereocenters. The predicted molar refractivity (Wildman–Crippen MR) is 119 cm³/mol. The highest BCUT2D eigenvalue weighted by atomic mass is 19.2. The van der Waals surface area contributed by atoms with Crippen molar-refractivity contribution >= 4 is 16.8 Å². The van der Waals surface area contributed by atoms with Crippen LogP contribution in [0.5, 0.6) is 5.75 Å². The highest BCUT2D eigenvalue weighted by molar-refractivity contribution is 5.98. The van der Waals surface area contributed by atoms with Crippen molar-refractivity contribution in [3.63, 3.8) is 0 Å². The Labute approximate surface area is 189 Å². The number of nitrogens with zero attached hydrogens (tertiary/aromatic N) is 3. The minimum atomic E-state index is -0.933. The SMILES string of the molecule is O=C(c1ccc2ncccc2c1)N1CCC(c2cc(CCOc3ccc(F)c(F)c3)[nH]n2)C1. The quantitative estimate of drug-likeness (QED) is 0.472. The number of rotatable bonds is 6. The van der Waals surface area contributed by atoms with Gasteiger partial charge in [0.2, 0.25) is 0 Å². The molecular formula is C25H22F2N4O2. The number of aromatic amines is 1. The van der Waals surface area contributed by atoms with E-state index in [2.05, 4.69) is 15.2 Å². The van der Waals surface area contributed by atoms with Gasteiger partial charge in [-0.3, -0.25) is 14.9 Å². The van der Waals surface area contributed by atoms with Crippen LogP contribution >= 0.6 is 0 Å². The molecule has 4 aromatic rings. The molecule has 8 heteroatoms. The van der Waals surface area contributed by atoms with Crippen molar-refractivity contribution in [2.45, 2.75) is 18.8 Å². The number of benzene rings is 2. The first-order valence-corrected chi connectivity index (χ1v) is 10.8. The van der Waals surface area contributed by atoms with Gasteiger partial charge >= 0.3 is 0 Å². The first-order valence-electron chi connectivity index (χ1n) is 10.8. The Morgan fingerprint density at radius 1 is 1.12 bits per heavy atom. The van der Waals surface area contributed by atoms with Gasteiger partial charge in [-0.25, -0.2) is 8.78 Å². The molecule has 2 aromatic heterocycles. The number of likely N-dealkylation sites (tertiary alicyclic amines) is 1. The maximum atomic E-state index is 13.3. The maximum absolute atomic E-state index is 13.3. The summed E-state index contributed by atoms with van der Waals surface area (Å²) in [6.45, 7) is 1.59. The topological polar surface area (TPSA) is 71.1 Å². The number of pyridine rings is 1. The molecular weight excluding hydrogens is 426 g/mol. The largest absolute Gasteiger partial charge is 0.493 e. The number of H-pyrrole nitrogens is 1. The minimum Gasteiger partial charge on any atom is -0.493 e. The molecule has 1 aliphatic heterocycles. The molecule has 1 atom stereocenters. The molecule has 0 radical (unpaired) electrons. The van der Waals surface area contributed by atoms with Crippen molar-refractivity contribution < 1.29 is 18.3 Å². The molecule has 1 fully saturated rings. The number of ether oxygens (including phenoxy) is 1. The molecule has 0 saturated carbocycles. The summed E-state index contributed by atoms with van der Waals surface area (Å²) in [5, 5.41) is 8.38. The average molecular weight is 448 g/mol. The number of halogens is 2. The fourth-order valence-electron chi connectivity index (χ4n) is 4.14. The predicted octanol–water partition coefficient (Wildman–Crippen LogP) is 4.49. The number of hydrogen-bond acceptors (Lipinski definition) is 4. The second kappa shape index (κ2) is 8.97. The summed E-state index contributed by atoms with van der Waals surface area (Å²) in [5.41, 5.74) is 3.33. The third kappa shape index (κ3) is 4.55. The van der Waals surface area contributed by atoms with E-state index in [0.717, 1.165) is 40.8 Å². The van der Waals surface area contributed by atoms with Crippen LogP contribution in [-0.2, 0) is 6.42 Å². The van der Waals surface area contributed by atoms with Crippen LogP contribution < -0.4 is 4.74 Å². The first kappa shape index (κ1) is 21.1. The zero-order chi connectivity index (χ0) is 22.8. The van der Waals surface area contributed by atoms with E-state index in [1.54, 1.807) is 6.20 Å². The van der Waals surface area contributed by atoms with Crippen LogP contribution in [-0.4, -0.2) is 45.7 Å². The van der Waals surface area contributed by atoms with Crippen molar-refractivity contribution in [1.82, 2.24) is 20.1 Å². The highest BCUT2D eigenvalue weighted by Crippen LogP contribution is 2.28. The normalized spacial score (nSPS) is 15.8. The minimum absolute atomic E-state index is 0.0129. The maximum Gasteiger partial charge on any atom is 0.253 e. The monoisotopic (exact) mass is 448 g/mol. The molecule has 0 bridgehead atoms. The first-order chi connectivity index (χ1) is 16.1. The van der Waals surface area contributed by atoms with E-state index in [1.807, 2.05) is 41.3 Å². The number of fused-ring (bicyclic) bond motifs is 1. The van der Waals surface area contributed by atoms with E-state index < -0.39 is 11.6 Å². The molecule has 1 saturated heterocycles. The average Bonchev–Trinajstić information content (AvgIpc) is 3.50. The lowest BCUT2D eigenvalue weighted by Gasteiger charge is -2.16. The van der Waals surface area contributed by atoms with Gasteiger partial charge in [-0.2, -0.15) is 5.10 Å². The van der Waals surface area contributed by atoms with E-state index in [-0.39, 0.29) is 17.6 Å². The summed E-state index contributed by atoms with van der Waals surface area (Å²) in [6.07, 6.45) is 3.13. The highest BCUT2D eigenvalue weighted by Gasteiger charge is 2.29. The van der Waals surface area contributed by atoms with E-state index in [9.17, 15) is 13.6 Å². The van der Waals surface area contributed by atoms with Gasteiger partial charge in [-0.05, 0) is 48.9 Å². The Hall–Kier alpha value is -3.81. The van der Waals surface area contributed by atoms with Crippen molar-refractivity contribution in [2.75, 3.05) is 19.7 Å². The third-order valence-corrected chi connectivity index (χ3v) is 5.93. The number of carbonyl (C=O) groups is 1. The fraction of sp³-hybridized carbons (Fsp3) is 0.240. The van der Waals surface area contributed by atoms with E-state index in [1.165, 1.54) is 6.07 Å². The lowest BCUT2D eigenvalue weighted by Crippen LogP contribution is -2.28. The van der Waals surface area contributed by atoms with Gasteiger partial charge in [0.1, 0.15) is 5.75 Å². The zero-order valence-corrected chi connectivity index (χ0v) is 17.8. The third-order valence-electron chi connectivity index (χ3n) is 5.93. The van der Waals surface area contributed by atoms with Gasteiger partial charge in [-0.1, -0.05) is 6.07 Å². The van der Waals surface area contributed by atoms with Crippen LogP contribution in [0.1, 0.15) is 34.1 Å². The summed E-state index contributed by atoms with van der Waals surface area (Å²) >= 11 is 0. The summed E-state index contributed by atoms with van der Waals surface area (Å²) in [4.78, 5) is 19.2. The van der Waals surface area contributed by atoms with Gasteiger partial charge in [-0.15, -0.1) is 0 Å². The Kier molecular flexibility index (Phi) is 5.73. The number of carbonyl (C=O) groups excluding carboxylic acids is 1. The van der Waals surface area contributed by atoms with E-state index >= 15 is 0 Å². The van der Waals surface area contributed by atoms with Crippen LogP contribution in [0.15, 0.2) is 60.8 Å². The second-order valence-corrected chi connectivity index (χ2v) is 8.14. The summed E-state index contributed by atoms with van der Waals surface area (Å²) in [6, 6.07) is 14.8. The van der Waals surface area contributed by atoms with Crippen molar-refractivity contribution in [3.8, 4) is 5.75 Å². The van der Waals surface area contributed by atoms with Gasteiger partial charge < -0.3 is 9.64 Å². The van der Waals surface area contributed by atoms with Crippen molar-refractivity contribution in [1.29, 1.82) is 0 Å². The van der Waals surface area contributed by atoms with Crippen LogP contribution in [0.4, 0.5) is 8.78 Å². The summed E-state index contributed by atoms with van der Waals surface area (Å²) in [7, 11) is 0. The molecule has 2 aromatic carbocycles. The van der Waals surface area contributed by atoms with Crippen molar-refractivity contribution in [3.05, 3.63) is 89.4 Å². The molecule has 0 spiro atoms. The van der Waals surface area contributed by atoms with Gasteiger partial charge in [0.05, 0.1) is 17.8 Å². The molecule has 0 aliphatic carbocycles. The fourth-order valence-corrected chi connectivity index (χ4v) is 4.14. The van der Waals surface area contributed by atoms with E-state index in [0.29, 0.717) is 31.7 Å². The molecule has 33 heavy (non-hydrogen) atoms. The summed E-state index contributed by atoms with van der Waals surface area (Å²) < 4.78 is 31.8. The van der Waals surface area contributed by atoms with Gasteiger partial charge in [0, 0.05) is 54.3 Å². The number of aromatic nitrogens is 3. The molecule has 6 nitrogen and oxygen atoms in total. The number of nitrogens with one attached hydrogen (secondary N) is 1. The second-order valence-electron chi connectivity index (χ2n) is 8.14. The zero-order valence-electron chi connectivity index (χ0n) is 17.8. The molecule has 1 N–H and O–H groups in total.